The first-order valence-corrected chi connectivity index (χ1v) is 15.0. The van der Waals surface area contributed by atoms with Gasteiger partial charge in [0.05, 0.1) is 23.1 Å². The Bertz CT molecular complexity index is 1820. The van der Waals surface area contributed by atoms with Gasteiger partial charge in [-0.05, 0) is 67.8 Å². The molecule has 32 heteroatoms. The second-order valence-electron chi connectivity index (χ2n) is 8.06. The van der Waals surface area contributed by atoms with E-state index in [0.717, 1.165) is 56.0 Å². The van der Waals surface area contributed by atoms with E-state index in [1.165, 1.54) is 28.0 Å². The van der Waals surface area contributed by atoms with Gasteiger partial charge in [0.15, 0.2) is 0 Å². The third-order valence-electron chi connectivity index (χ3n) is 4.77. The van der Waals surface area contributed by atoms with Crippen LogP contribution in [-0.2, 0) is 57.3 Å². The first-order chi connectivity index (χ1) is 23.8. The molecule has 0 saturated heterocycles. The zero-order valence-electron chi connectivity index (χ0n) is 24.1. The molecule has 0 aromatic heterocycles. The minimum Gasteiger partial charge on any atom is -0.478 e. The number of nitrogens with two attached hydrogens (primary N) is 4. The van der Waals surface area contributed by atoms with Gasteiger partial charge in [-0.1, -0.05) is 5.12 Å². The smallest absolute Gasteiger partial charge is 0.478 e. The first kappa shape index (κ1) is 44.0. The average molecular weight is 1080 g/mol. The zero-order valence-corrected chi connectivity index (χ0v) is 30.6. The molecule has 0 aliphatic heterocycles. The molecule has 0 radical (unpaired) electrons. The number of carboxylic acid groups (broad SMARTS) is 2. The predicted molar refractivity (Wildman–Crippen MR) is 173 cm³/mol. The van der Waals surface area contributed by atoms with Crippen LogP contribution in [0.2, 0.25) is 0 Å². The molecule has 0 saturated carbocycles. The van der Waals surface area contributed by atoms with Gasteiger partial charge in [0.2, 0.25) is 0 Å². The Labute approximate surface area is 322 Å². The van der Waals surface area contributed by atoms with Gasteiger partial charge >= 0.3 is 83.8 Å². The first-order valence-electron chi connectivity index (χ1n) is 11.7. The van der Waals surface area contributed by atoms with Crippen LogP contribution in [0.15, 0.2) is 0 Å². The van der Waals surface area contributed by atoms with Crippen LogP contribution in [0.3, 0.4) is 0 Å². The van der Waals surface area contributed by atoms with E-state index in [1.807, 2.05) is 0 Å². The van der Waals surface area contributed by atoms with Crippen molar-refractivity contribution in [3.63, 3.8) is 0 Å². The molecular weight excluding hydrogens is 1070 g/mol. The summed E-state index contributed by atoms with van der Waals surface area (Å²) >= 11 is 3.33. The van der Waals surface area contributed by atoms with Crippen LogP contribution >= 0.6 is 67.8 Å². The average Bonchev–Trinajstić information content (AvgIpc) is 2.97. The zero-order chi connectivity index (χ0) is 40.6. The highest BCUT2D eigenvalue weighted by molar-refractivity contribution is 14.1. The van der Waals surface area contributed by atoms with E-state index in [-0.39, 0.29) is 0 Å². The summed E-state index contributed by atoms with van der Waals surface area (Å²) in [6.07, 6.45) is -8.26. The summed E-state index contributed by atoms with van der Waals surface area (Å²) in [7, 11) is 0. The van der Waals surface area contributed by atoms with Crippen LogP contribution in [0.4, 0.5) is 24.9 Å². The topological polar surface area (TPSA) is 460 Å². The molecule has 0 fully saturated rings. The number of hydrazine groups is 1. The van der Waals surface area contributed by atoms with Gasteiger partial charge in [-0.2, -0.15) is 0 Å². The number of rotatable bonds is 5. The van der Waals surface area contributed by atoms with Crippen LogP contribution in [-0.4, -0.2) is 98.8 Å². The monoisotopic (exact) mass is 1080 g/mol. The SMILES string of the molecule is NC(=O)OC(=O)C(=O)NN(c1c(I)c(C(=O)O)c(I)c(C(=O)O)c1I)[N+](NC(=O)C(=O)OC(N)=O)(NC(=O)C(=O)OC(N)=O)C(=O)C(=O)OC(N)=O. The molecule has 52 heavy (non-hydrogen) atoms. The van der Waals surface area contributed by atoms with Gasteiger partial charge in [0.25, 0.3) is 0 Å². The fourth-order valence-electron chi connectivity index (χ4n) is 3.02. The summed E-state index contributed by atoms with van der Waals surface area (Å²) in [4.78, 5) is 169. The second kappa shape index (κ2) is 17.7. The minimum absolute atomic E-state index is 0.585. The Morgan fingerprint density at radius 1 is 0.519 bits per heavy atom. The molecule has 1 aromatic carbocycles. The highest BCUT2D eigenvalue weighted by Gasteiger charge is 2.59. The number of primary amides is 4. The quantitative estimate of drug-likeness (QED) is 0.0255. The number of benzene rings is 1. The number of ether oxygens (including phenoxy) is 4. The van der Waals surface area contributed by atoms with Gasteiger partial charge in [-0.15, -0.1) is 10.9 Å². The van der Waals surface area contributed by atoms with Gasteiger partial charge in [0.1, 0.15) is 5.69 Å². The van der Waals surface area contributed by atoms with Crippen LogP contribution in [0, 0.1) is 10.7 Å². The summed E-state index contributed by atoms with van der Waals surface area (Å²) in [5.74, 6) is -24.3. The van der Waals surface area contributed by atoms with Crippen molar-refractivity contribution < 1.29 is 101 Å². The van der Waals surface area contributed by atoms with Crippen molar-refractivity contribution in [3.8, 4) is 0 Å². The van der Waals surface area contributed by atoms with Crippen molar-refractivity contribution in [2.24, 2.45) is 22.9 Å². The van der Waals surface area contributed by atoms with Crippen LogP contribution in [0.25, 0.3) is 0 Å². The van der Waals surface area contributed by atoms with Crippen molar-refractivity contribution in [2.75, 3.05) is 5.12 Å². The summed E-state index contributed by atoms with van der Waals surface area (Å²) in [5.41, 5.74) is 18.7. The highest BCUT2D eigenvalue weighted by atomic mass is 127. The number of aromatic carboxylic acids is 2. The van der Waals surface area contributed by atoms with Crippen molar-refractivity contribution in [2.45, 2.75) is 0 Å². The Balaban J connectivity index is 4.77. The lowest BCUT2D eigenvalue weighted by Gasteiger charge is -2.40. The summed E-state index contributed by atoms with van der Waals surface area (Å²) in [6, 6.07) is 0. The van der Waals surface area contributed by atoms with Gasteiger partial charge in [-0.3, -0.25) is 14.4 Å². The lowest BCUT2D eigenvalue weighted by Crippen LogP contribution is -2.84. The predicted octanol–water partition coefficient (Wildman–Crippen LogP) is -4.46. The number of halogens is 3. The van der Waals surface area contributed by atoms with E-state index >= 15 is 0 Å². The number of nitrogens with zero attached hydrogens (tertiary/aromatic N) is 2. The lowest BCUT2D eigenvalue weighted by atomic mass is 10.1. The van der Waals surface area contributed by atoms with E-state index in [2.05, 4.69) is 36.1 Å². The maximum atomic E-state index is 13.9. The maximum Gasteiger partial charge on any atom is 0.500 e. The number of hydrogen-bond acceptors (Lipinski definition) is 19. The second-order valence-corrected chi connectivity index (χ2v) is 11.3. The number of nitrogens with one attached hydrogen (secondary N) is 3. The molecule has 0 unspecified atom stereocenters. The molecule has 0 atom stereocenters. The number of carboxylic acids is 2. The molecule has 1 aromatic rings. The number of carbonyl (C=O) groups excluding carboxylic acids is 12. The summed E-state index contributed by atoms with van der Waals surface area (Å²) < 4.78 is 12.9. The molecule has 0 bridgehead atoms. The Morgan fingerprint density at radius 2 is 0.827 bits per heavy atom. The molecule has 0 spiro atoms. The van der Waals surface area contributed by atoms with Crippen molar-refractivity contribution in [1.29, 1.82) is 0 Å². The van der Waals surface area contributed by atoms with Crippen molar-refractivity contribution in [1.82, 2.24) is 16.3 Å². The molecule has 8 amide bonds. The van der Waals surface area contributed by atoms with Crippen molar-refractivity contribution >= 4 is 157 Å². The number of hydrogen-bond donors (Lipinski definition) is 9. The number of anilines is 1. The van der Waals surface area contributed by atoms with Crippen LogP contribution in [0.5, 0.6) is 0 Å². The molecule has 29 nitrogen and oxygen atoms in total. The maximum absolute atomic E-state index is 13.9. The number of quaternary nitrogens is 1. The standard InChI is InChI=1S/C20H12I3N9O20/c21-3-1(11(37)38)4(22)6(5(23)2(3)12(39)40)31(28-7(33)13(41)49-17(24)45)32(10(36)16(44)52-20(27)48,29-8(34)14(42)50-18(25)46)30-9(35)15(43)51-19(26)47/h(H12-,24,25,26,27,28,29,30,33,34,35,37,38,39,40,45,46,47,48)/p+1. The highest BCUT2D eigenvalue weighted by Crippen LogP contribution is 2.39. The molecule has 0 heterocycles. The lowest BCUT2D eigenvalue weighted by molar-refractivity contribution is -0.931. The third-order valence-corrected chi connectivity index (χ3v) is 7.94. The van der Waals surface area contributed by atoms with Gasteiger partial charge in [-0.25, -0.2) is 58.2 Å². The largest absolute Gasteiger partial charge is 0.500 e. The van der Waals surface area contributed by atoms with Gasteiger partial charge < -0.3 is 52.1 Å². The summed E-state index contributed by atoms with van der Waals surface area (Å²) in [5, 5.41) is 19.3. The number of carbonyl (C=O) groups is 14. The molecule has 278 valence electrons. The van der Waals surface area contributed by atoms with E-state index in [9.17, 15) is 77.3 Å². The Morgan fingerprint density at radius 3 is 1.13 bits per heavy atom. The normalized spacial score (nSPS) is 10.2. The van der Waals surface area contributed by atoms with E-state index in [4.69, 9.17) is 5.73 Å². The van der Waals surface area contributed by atoms with E-state index in [0.29, 0.717) is 0 Å². The fraction of sp³-hybridized carbons (Fsp3) is 0. The Hall–Kier alpha value is -6.05. The molecular formula is C20H13I3N9O20+. The van der Waals surface area contributed by atoms with Gasteiger partial charge in [0, 0.05) is 3.57 Å². The minimum atomic E-state index is -3.40. The number of amides is 8. The van der Waals surface area contributed by atoms with Crippen molar-refractivity contribution in [3.05, 3.63) is 21.8 Å². The Kier molecular flexibility index (Phi) is 15.0. The molecule has 0 aliphatic rings. The van der Waals surface area contributed by atoms with E-state index < -0.39 is 121 Å². The molecule has 1 rings (SSSR count). The summed E-state index contributed by atoms with van der Waals surface area (Å²) in [6.45, 7) is 0. The van der Waals surface area contributed by atoms with Crippen LogP contribution in [0.1, 0.15) is 20.7 Å². The molecule has 0 aliphatic carbocycles. The molecule has 13 N–H and O–H groups in total. The fourth-order valence-corrected chi connectivity index (χ4v) is 7.57. The third kappa shape index (κ3) is 10.5. The van der Waals surface area contributed by atoms with Crippen LogP contribution < -0.4 is 44.3 Å². The van der Waals surface area contributed by atoms with E-state index in [1.54, 1.807) is 0 Å². The number of esters is 4.